The first-order chi connectivity index (χ1) is 15.6. The van der Waals surface area contributed by atoms with Gasteiger partial charge in [0.05, 0.1) is 6.26 Å². The second-order valence-electron chi connectivity index (χ2n) is 7.14. The highest BCUT2D eigenvalue weighted by atomic mass is 127. The number of furan rings is 1. The number of fused-ring (bicyclic) bond motifs is 1. The van der Waals surface area contributed by atoms with Gasteiger partial charge in [-0.25, -0.2) is 0 Å². The van der Waals surface area contributed by atoms with E-state index in [-0.39, 0.29) is 35.6 Å². The van der Waals surface area contributed by atoms with E-state index in [1.54, 1.807) is 30.5 Å². The zero-order chi connectivity index (χ0) is 22.3. The number of carbonyl (C=O) groups is 1. The van der Waals surface area contributed by atoms with Crippen LogP contribution in [0, 0.1) is 0 Å². The quantitative estimate of drug-likeness (QED) is 0.145. The van der Waals surface area contributed by atoms with E-state index in [0.717, 1.165) is 20.5 Å². The fraction of sp³-hybridized carbons (Fsp3) is 0.167. The number of hydrogen-bond donors (Lipinski definition) is 4. The Morgan fingerprint density at radius 3 is 2.70 bits per heavy atom. The van der Waals surface area contributed by atoms with Crippen LogP contribution in [0.3, 0.4) is 0 Å². The molecule has 0 fully saturated rings. The topological polar surface area (TPSA) is 98.9 Å². The van der Waals surface area contributed by atoms with Gasteiger partial charge in [0.2, 0.25) is 0 Å². The molecule has 9 heteroatoms. The third kappa shape index (κ3) is 6.56. The molecule has 2 aromatic carbocycles. The molecule has 0 radical (unpaired) electrons. The van der Waals surface area contributed by atoms with Crippen molar-refractivity contribution in [1.82, 2.24) is 10.6 Å². The highest BCUT2D eigenvalue weighted by Crippen LogP contribution is 2.29. The number of thiophene rings is 1. The number of guanidine groups is 1. The average Bonchev–Trinajstić information content (AvgIpc) is 3.49. The van der Waals surface area contributed by atoms with E-state index in [0.29, 0.717) is 24.7 Å². The second-order valence-corrected chi connectivity index (χ2v) is 8.26. The number of anilines is 1. The van der Waals surface area contributed by atoms with E-state index in [2.05, 4.69) is 27.0 Å². The minimum Gasteiger partial charge on any atom is -0.459 e. The van der Waals surface area contributed by atoms with Crippen LogP contribution in [0.15, 0.2) is 82.4 Å². The molecule has 172 valence electrons. The van der Waals surface area contributed by atoms with Crippen LogP contribution < -0.4 is 16.0 Å². The number of amides is 1. The van der Waals surface area contributed by atoms with Crippen LogP contribution in [0.5, 0.6) is 0 Å². The summed E-state index contributed by atoms with van der Waals surface area (Å²) in [5.41, 5.74) is 1.64. The second kappa shape index (κ2) is 11.8. The van der Waals surface area contributed by atoms with Crippen LogP contribution in [-0.4, -0.2) is 30.6 Å². The van der Waals surface area contributed by atoms with E-state index in [1.165, 1.54) is 6.26 Å². The van der Waals surface area contributed by atoms with Gasteiger partial charge < -0.3 is 25.5 Å². The lowest BCUT2D eigenvalue weighted by Gasteiger charge is -2.15. The molecule has 1 unspecified atom stereocenters. The first kappa shape index (κ1) is 24.7. The van der Waals surface area contributed by atoms with Crippen molar-refractivity contribution in [3.05, 3.63) is 89.2 Å². The molecule has 33 heavy (non-hydrogen) atoms. The van der Waals surface area contributed by atoms with Gasteiger partial charge in [0.1, 0.15) is 6.10 Å². The Labute approximate surface area is 212 Å². The van der Waals surface area contributed by atoms with Gasteiger partial charge in [-0.1, -0.05) is 30.3 Å². The number of benzene rings is 2. The Hall–Kier alpha value is -2.89. The maximum absolute atomic E-state index is 12.1. The van der Waals surface area contributed by atoms with Crippen LogP contribution in [0.2, 0.25) is 0 Å². The predicted octanol–water partition coefficient (Wildman–Crippen LogP) is 4.76. The Kier molecular flexibility index (Phi) is 8.87. The predicted molar refractivity (Wildman–Crippen MR) is 144 cm³/mol. The maximum Gasteiger partial charge on any atom is 0.291 e. The third-order valence-corrected chi connectivity index (χ3v) is 6.07. The lowest BCUT2D eigenvalue weighted by Crippen LogP contribution is -2.38. The summed E-state index contributed by atoms with van der Waals surface area (Å²) in [5, 5.41) is 20.9. The van der Waals surface area contributed by atoms with Gasteiger partial charge in [-0.15, -0.1) is 35.3 Å². The standard InChI is InChI=1S/C24H24N4O3S.HI/c1-25-24(27-15-19(29)22-13-17-7-2-3-10-21(17)32-22)26-14-16-6-4-8-18(12-16)28-23(30)20-9-5-11-31-20;/h2-13,19,29H,14-15H2,1H3,(H,28,30)(H2,25,26,27);1H. The number of hydrogen-bond acceptors (Lipinski definition) is 5. The summed E-state index contributed by atoms with van der Waals surface area (Å²) in [5.74, 6) is 0.540. The minimum atomic E-state index is -0.633. The maximum atomic E-state index is 12.1. The van der Waals surface area contributed by atoms with Crippen molar-refractivity contribution in [3.63, 3.8) is 0 Å². The molecule has 7 nitrogen and oxygen atoms in total. The molecule has 0 aliphatic heterocycles. The first-order valence-corrected chi connectivity index (χ1v) is 11.0. The number of aliphatic hydroxyl groups excluding tert-OH is 1. The number of nitrogens with one attached hydrogen (secondary N) is 3. The number of aliphatic hydroxyl groups is 1. The third-order valence-electron chi connectivity index (χ3n) is 4.85. The van der Waals surface area contributed by atoms with E-state index in [4.69, 9.17) is 4.42 Å². The highest BCUT2D eigenvalue weighted by molar-refractivity contribution is 14.0. The molecule has 0 spiro atoms. The summed E-state index contributed by atoms with van der Waals surface area (Å²) in [6.07, 6.45) is 0.831. The number of carbonyl (C=O) groups excluding carboxylic acids is 1. The van der Waals surface area contributed by atoms with Crippen LogP contribution in [0.25, 0.3) is 10.1 Å². The molecule has 2 aromatic heterocycles. The van der Waals surface area contributed by atoms with Crippen LogP contribution in [0.4, 0.5) is 5.69 Å². The van der Waals surface area contributed by atoms with Crippen molar-refractivity contribution in [3.8, 4) is 0 Å². The average molecular weight is 576 g/mol. The Bertz CT molecular complexity index is 1190. The summed E-state index contributed by atoms with van der Waals surface area (Å²) in [6.45, 7) is 0.842. The lowest BCUT2D eigenvalue weighted by molar-refractivity contribution is 0.0996. The summed E-state index contributed by atoms with van der Waals surface area (Å²) in [6, 6.07) is 20.9. The Balaban J connectivity index is 0.00000306. The molecule has 0 saturated heterocycles. The molecule has 1 atom stereocenters. The van der Waals surface area contributed by atoms with Crippen LogP contribution >= 0.6 is 35.3 Å². The molecule has 0 aliphatic carbocycles. The monoisotopic (exact) mass is 576 g/mol. The van der Waals surface area contributed by atoms with E-state index in [1.807, 2.05) is 48.5 Å². The fourth-order valence-electron chi connectivity index (χ4n) is 3.23. The summed E-state index contributed by atoms with van der Waals surface area (Å²) >= 11 is 1.59. The summed E-state index contributed by atoms with van der Waals surface area (Å²) in [4.78, 5) is 17.3. The molecule has 4 aromatic rings. The van der Waals surface area contributed by atoms with Gasteiger partial charge in [0.15, 0.2) is 11.7 Å². The summed E-state index contributed by atoms with van der Waals surface area (Å²) < 4.78 is 6.27. The minimum absolute atomic E-state index is 0. The molecule has 4 N–H and O–H groups in total. The fourth-order valence-corrected chi connectivity index (χ4v) is 4.28. The first-order valence-electron chi connectivity index (χ1n) is 10.2. The van der Waals surface area contributed by atoms with Gasteiger partial charge >= 0.3 is 0 Å². The van der Waals surface area contributed by atoms with Gasteiger partial charge in [-0.05, 0) is 47.3 Å². The molecular formula is C24H25IN4O3S. The number of nitrogens with zero attached hydrogens (tertiary/aromatic N) is 1. The molecular weight excluding hydrogens is 551 g/mol. The Morgan fingerprint density at radius 1 is 1.09 bits per heavy atom. The zero-order valence-electron chi connectivity index (χ0n) is 17.9. The Morgan fingerprint density at radius 2 is 1.94 bits per heavy atom. The smallest absolute Gasteiger partial charge is 0.291 e. The molecule has 0 aliphatic rings. The largest absolute Gasteiger partial charge is 0.459 e. The summed E-state index contributed by atoms with van der Waals surface area (Å²) in [7, 11) is 1.68. The normalized spacial score (nSPS) is 12.1. The molecule has 4 rings (SSSR count). The van der Waals surface area contributed by atoms with E-state index in [9.17, 15) is 9.90 Å². The van der Waals surface area contributed by atoms with Gasteiger partial charge in [0.25, 0.3) is 5.91 Å². The van der Waals surface area contributed by atoms with Gasteiger partial charge in [-0.2, -0.15) is 0 Å². The van der Waals surface area contributed by atoms with Crippen molar-refractivity contribution >= 4 is 63.0 Å². The highest BCUT2D eigenvalue weighted by Gasteiger charge is 2.12. The lowest BCUT2D eigenvalue weighted by atomic mass is 10.2. The zero-order valence-corrected chi connectivity index (χ0v) is 21.1. The van der Waals surface area contributed by atoms with Crippen LogP contribution in [-0.2, 0) is 6.54 Å². The van der Waals surface area contributed by atoms with Crippen LogP contribution in [0.1, 0.15) is 27.1 Å². The van der Waals surface area contributed by atoms with E-state index >= 15 is 0 Å². The van der Waals surface area contributed by atoms with Crippen molar-refractivity contribution in [2.45, 2.75) is 12.6 Å². The van der Waals surface area contributed by atoms with Crippen molar-refractivity contribution in [2.24, 2.45) is 4.99 Å². The number of rotatable bonds is 7. The molecule has 0 saturated carbocycles. The molecule has 1 amide bonds. The van der Waals surface area contributed by atoms with Crippen molar-refractivity contribution in [1.29, 1.82) is 0 Å². The number of halogens is 1. The van der Waals surface area contributed by atoms with E-state index < -0.39 is 6.10 Å². The van der Waals surface area contributed by atoms with Crippen molar-refractivity contribution in [2.75, 3.05) is 18.9 Å². The molecule has 0 bridgehead atoms. The SMILES string of the molecule is CN=C(NCc1cccc(NC(=O)c2ccco2)c1)NCC(O)c1cc2ccccc2s1.I. The van der Waals surface area contributed by atoms with Gasteiger partial charge in [0, 0.05) is 35.4 Å². The van der Waals surface area contributed by atoms with Gasteiger partial charge in [-0.3, -0.25) is 9.79 Å². The molecule has 2 heterocycles. The van der Waals surface area contributed by atoms with Crippen molar-refractivity contribution < 1.29 is 14.3 Å². The number of aliphatic imine (C=N–C) groups is 1.